The normalized spacial score (nSPS) is 16.1. The average Bonchev–Trinajstić information content (AvgIpc) is 3.39. The minimum atomic E-state index is -0.368. The molecule has 29 heavy (non-hydrogen) atoms. The van der Waals surface area contributed by atoms with Gasteiger partial charge in [-0.2, -0.15) is 0 Å². The van der Waals surface area contributed by atoms with Crippen LogP contribution in [0.2, 0.25) is 0 Å². The summed E-state index contributed by atoms with van der Waals surface area (Å²) in [5.41, 5.74) is 1.46. The summed E-state index contributed by atoms with van der Waals surface area (Å²) in [7, 11) is 0. The van der Waals surface area contributed by atoms with Crippen molar-refractivity contribution in [2.24, 2.45) is 5.92 Å². The Morgan fingerprint density at radius 2 is 1.66 bits per heavy atom. The number of benzene rings is 2. The molecule has 0 aliphatic carbocycles. The molecule has 1 saturated heterocycles. The van der Waals surface area contributed by atoms with Crippen LogP contribution in [0.5, 0.6) is 0 Å². The van der Waals surface area contributed by atoms with Gasteiger partial charge in [-0.1, -0.05) is 48.5 Å². The lowest BCUT2D eigenvalue weighted by molar-refractivity contribution is -0.126. The highest BCUT2D eigenvalue weighted by atomic mass is 32.1. The Bertz CT molecular complexity index is 1030. The number of anilines is 1. The molecule has 2 amide bonds. The van der Waals surface area contributed by atoms with E-state index in [9.17, 15) is 14.4 Å². The fourth-order valence-electron chi connectivity index (χ4n) is 3.39. The third kappa shape index (κ3) is 4.27. The molecule has 0 radical (unpaired) electrons. The summed E-state index contributed by atoms with van der Waals surface area (Å²) in [6.45, 7) is 0.735. The third-order valence-corrected chi connectivity index (χ3v) is 6.01. The van der Waals surface area contributed by atoms with Crippen LogP contribution in [0.15, 0.2) is 72.8 Å². The van der Waals surface area contributed by atoms with Crippen molar-refractivity contribution < 1.29 is 14.4 Å². The predicted molar refractivity (Wildman–Crippen MR) is 113 cm³/mol. The molecule has 0 spiro atoms. The van der Waals surface area contributed by atoms with Gasteiger partial charge in [-0.3, -0.25) is 14.4 Å². The zero-order valence-electron chi connectivity index (χ0n) is 15.7. The lowest BCUT2D eigenvalue weighted by atomic mass is 10.1. The van der Waals surface area contributed by atoms with Gasteiger partial charge in [-0.25, -0.2) is 0 Å². The van der Waals surface area contributed by atoms with Gasteiger partial charge in [0.2, 0.25) is 17.6 Å². The Labute approximate surface area is 173 Å². The van der Waals surface area contributed by atoms with E-state index in [2.05, 4.69) is 5.32 Å². The largest absolute Gasteiger partial charge is 0.351 e. The number of hydrogen-bond acceptors (Lipinski definition) is 4. The topological polar surface area (TPSA) is 66.5 Å². The molecular formula is C23H20N2O3S. The van der Waals surface area contributed by atoms with Crippen molar-refractivity contribution >= 4 is 34.6 Å². The van der Waals surface area contributed by atoms with E-state index >= 15 is 0 Å². The summed E-state index contributed by atoms with van der Waals surface area (Å²) in [5, 5.41) is 2.91. The highest BCUT2D eigenvalue weighted by Gasteiger charge is 2.34. The number of nitrogens with one attached hydrogen (secondary N) is 1. The second-order valence-corrected chi connectivity index (χ2v) is 8.09. The van der Waals surface area contributed by atoms with Crippen LogP contribution >= 0.6 is 11.3 Å². The summed E-state index contributed by atoms with van der Waals surface area (Å²) in [6, 6.07) is 22.2. The Kier molecular flexibility index (Phi) is 5.53. The van der Waals surface area contributed by atoms with Crippen LogP contribution in [0.4, 0.5) is 5.69 Å². The minimum Gasteiger partial charge on any atom is -0.351 e. The standard InChI is InChI=1S/C23H20N2O3S/c26-21-13-17(15-25(21)18-9-5-2-6-10-18)23(28)24-14-19-11-12-20(29-19)22(27)16-7-3-1-4-8-16/h1-12,17H,13-15H2,(H,24,28)/t17-/m1/s1. The Morgan fingerprint density at radius 3 is 2.38 bits per heavy atom. The fraction of sp³-hybridized carbons (Fsp3) is 0.174. The van der Waals surface area contributed by atoms with E-state index in [4.69, 9.17) is 0 Å². The number of thiophene rings is 1. The molecule has 1 N–H and O–H groups in total. The number of carbonyl (C=O) groups excluding carboxylic acids is 3. The van der Waals surface area contributed by atoms with Gasteiger partial charge in [0.15, 0.2) is 0 Å². The first-order valence-electron chi connectivity index (χ1n) is 9.43. The number of amides is 2. The fourth-order valence-corrected chi connectivity index (χ4v) is 4.30. The number of para-hydroxylation sites is 1. The SMILES string of the molecule is O=C(c1ccccc1)c1ccc(CNC(=O)[C@@H]2CC(=O)N(c3ccccc3)C2)s1. The van der Waals surface area contributed by atoms with Crippen molar-refractivity contribution in [3.05, 3.63) is 88.1 Å². The smallest absolute Gasteiger partial charge is 0.227 e. The summed E-state index contributed by atoms with van der Waals surface area (Å²) in [5.74, 6) is -0.564. The van der Waals surface area contributed by atoms with Crippen molar-refractivity contribution in [1.82, 2.24) is 5.32 Å². The molecule has 2 heterocycles. The van der Waals surface area contributed by atoms with Crippen LogP contribution in [-0.2, 0) is 16.1 Å². The molecule has 3 aromatic rings. The van der Waals surface area contributed by atoms with Gasteiger partial charge in [0.1, 0.15) is 0 Å². The number of nitrogens with zero attached hydrogens (tertiary/aromatic N) is 1. The van der Waals surface area contributed by atoms with Crippen molar-refractivity contribution in [2.75, 3.05) is 11.4 Å². The van der Waals surface area contributed by atoms with E-state index in [-0.39, 0.29) is 29.9 Å². The summed E-state index contributed by atoms with van der Waals surface area (Å²) in [4.78, 5) is 40.5. The van der Waals surface area contributed by atoms with Crippen molar-refractivity contribution in [2.45, 2.75) is 13.0 Å². The maximum atomic E-state index is 12.6. The zero-order valence-corrected chi connectivity index (χ0v) is 16.5. The van der Waals surface area contributed by atoms with Gasteiger partial charge in [0.25, 0.3) is 0 Å². The molecular weight excluding hydrogens is 384 g/mol. The molecule has 6 heteroatoms. The molecule has 0 saturated carbocycles. The zero-order chi connectivity index (χ0) is 20.2. The Balaban J connectivity index is 1.34. The van der Waals surface area contributed by atoms with Crippen LogP contribution < -0.4 is 10.2 Å². The molecule has 0 unspecified atom stereocenters. The lowest BCUT2D eigenvalue weighted by Gasteiger charge is -2.16. The first-order chi connectivity index (χ1) is 14.1. The third-order valence-electron chi connectivity index (χ3n) is 4.92. The average molecular weight is 404 g/mol. The Morgan fingerprint density at radius 1 is 0.966 bits per heavy atom. The van der Waals surface area contributed by atoms with Gasteiger partial charge in [0, 0.05) is 29.1 Å². The highest BCUT2D eigenvalue weighted by molar-refractivity contribution is 7.14. The van der Waals surface area contributed by atoms with Crippen LogP contribution in [0, 0.1) is 5.92 Å². The maximum absolute atomic E-state index is 12.6. The first-order valence-corrected chi connectivity index (χ1v) is 10.2. The summed E-state index contributed by atoms with van der Waals surface area (Å²) < 4.78 is 0. The quantitative estimate of drug-likeness (QED) is 0.638. The molecule has 4 rings (SSSR count). The summed E-state index contributed by atoms with van der Waals surface area (Å²) >= 11 is 1.38. The van der Waals surface area contributed by atoms with Gasteiger partial charge in [-0.15, -0.1) is 11.3 Å². The van der Waals surface area contributed by atoms with Crippen molar-refractivity contribution in [3.8, 4) is 0 Å². The Hall–Kier alpha value is -3.25. The maximum Gasteiger partial charge on any atom is 0.227 e. The number of ketones is 1. The monoisotopic (exact) mass is 404 g/mol. The van der Waals surface area contributed by atoms with E-state index in [1.54, 1.807) is 23.1 Å². The molecule has 1 fully saturated rings. The summed E-state index contributed by atoms with van der Waals surface area (Å²) in [6.07, 6.45) is 0.211. The van der Waals surface area contributed by atoms with Gasteiger partial charge < -0.3 is 10.2 Å². The molecule has 1 aliphatic heterocycles. The van der Waals surface area contributed by atoms with Crippen LogP contribution in [0.3, 0.4) is 0 Å². The minimum absolute atomic E-state index is 0.0203. The molecule has 5 nitrogen and oxygen atoms in total. The molecule has 1 aliphatic rings. The van der Waals surface area contributed by atoms with E-state index in [0.29, 0.717) is 23.5 Å². The molecule has 1 atom stereocenters. The second-order valence-electron chi connectivity index (χ2n) is 6.92. The van der Waals surface area contributed by atoms with E-state index in [1.165, 1.54) is 11.3 Å². The van der Waals surface area contributed by atoms with Crippen LogP contribution in [0.1, 0.15) is 26.5 Å². The second kappa shape index (κ2) is 8.41. The lowest BCUT2D eigenvalue weighted by Crippen LogP contribution is -2.32. The number of rotatable bonds is 6. The van der Waals surface area contributed by atoms with Crippen LogP contribution in [0.25, 0.3) is 0 Å². The highest BCUT2D eigenvalue weighted by Crippen LogP contribution is 2.25. The first kappa shape index (κ1) is 19.1. The van der Waals surface area contributed by atoms with Gasteiger partial charge >= 0.3 is 0 Å². The molecule has 2 aromatic carbocycles. The van der Waals surface area contributed by atoms with Crippen molar-refractivity contribution in [3.63, 3.8) is 0 Å². The molecule has 1 aromatic heterocycles. The van der Waals surface area contributed by atoms with Gasteiger partial charge in [0.05, 0.1) is 17.3 Å². The van der Waals surface area contributed by atoms with E-state index in [1.807, 2.05) is 54.6 Å². The number of hydrogen-bond donors (Lipinski definition) is 1. The van der Waals surface area contributed by atoms with E-state index < -0.39 is 0 Å². The van der Waals surface area contributed by atoms with Crippen LogP contribution in [-0.4, -0.2) is 24.1 Å². The number of carbonyl (C=O) groups is 3. The van der Waals surface area contributed by atoms with E-state index in [0.717, 1.165) is 10.6 Å². The van der Waals surface area contributed by atoms with Crippen molar-refractivity contribution in [1.29, 1.82) is 0 Å². The predicted octanol–water partition coefficient (Wildman–Crippen LogP) is 3.65. The molecule has 0 bridgehead atoms. The molecule has 146 valence electrons. The van der Waals surface area contributed by atoms with Gasteiger partial charge in [-0.05, 0) is 24.3 Å².